The molecule has 1 heterocycles. The van der Waals surface area contributed by atoms with Crippen molar-refractivity contribution in [3.05, 3.63) is 47.3 Å². The quantitative estimate of drug-likeness (QED) is 0.617. The Morgan fingerprint density at radius 1 is 1.20 bits per heavy atom. The summed E-state index contributed by atoms with van der Waals surface area (Å²) in [7, 11) is -3.59. The van der Waals surface area contributed by atoms with Crippen LogP contribution in [0.15, 0.2) is 46.7 Å². The van der Waals surface area contributed by atoms with E-state index in [1.807, 2.05) is 30.3 Å². The van der Waals surface area contributed by atoms with Crippen molar-refractivity contribution in [1.82, 2.24) is 4.72 Å². The van der Waals surface area contributed by atoms with Gasteiger partial charge in [0.25, 0.3) is 0 Å². The van der Waals surface area contributed by atoms with Crippen molar-refractivity contribution in [3.8, 4) is 0 Å². The van der Waals surface area contributed by atoms with E-state index >= 15 is 0 Å². The van der Waals surface area contributed by atoms with E-state index < -0.39 is 16.0 Å². The lowest BCUT2D eigenvalue weighted by Gasteiger charge is -2.23. The Morgan fingerprint density at radius 3 is 2.56 bits per heavy atom. The molecule has 2 N–H and O–H groups in total. The molecular formula is C17H22N2O4S2. The number of hydrogen-bond donors (Lipinski definition) is 2. The predicted octanol–water partition coefficient (Wildman–Crippen LogP) is 2.57. The lowest BCUT2D eigenvalue weighted by molar-refractivity contribution is -0.136. The maximum Gasteiger partial charge on any atom is 0.308 e. The molecule has 0 amide bonds. The van der Waals surface area contributed by atoms with Crippen molar-refractivity contribution in [2.45, 2.75) is 24.0 Å². The van der Waals surface area contributed by atoms with Crippen LogP contribution in [0.3, 0.4) is 0 Å². The van der Waals surface area contributed by atoms with E-state index in [1.165, 1.54) is 6.07 Å². The number of rotatable bonds is 10. The Labute approximate surface area is 152 Å². The minimum Gasteiger partial charge on any atom is -0.481 e. The van der Waals surface area contributed by atoms with Gasteiger partial charge < -0.3 is 10.0 Å². The summed E-state index contributed by atoms with van der Waals surface area (Å²) in [5.74, 6) is -0.973. The van der Waals surface area contributed by atoms with Crippen LogP contribution in [-0.4, -0.2) is 39.1 Å². The van der Waals surface area contributed by atoms with E-state index in [1.54, 1.807) is 6.07 Å². The average Bonchev–Trinajstić information content (AvgIpc) is 3.04. The third kappa shape index (κ3) is 5.84. The lowest BCUT2D eigenvalue weighted by Crippen LogP contribution is -2.29. The minimum atomic E-state index is -3.59. The zero-order valence-corrected chi connectivity index (χ0v) is 15.6. The van der Waals surface area contributed by atoms with Gasteiger partial charge in [-0.25, -0.2) is 13.1 Å². The molecule has 0 unspecified atom stereocenters. The summed E-state index contributed by atoms with van der Waals surface area (Å²) < 4.78 is 27.2. The van der Waals surface area contributed by atoms with E-state index in [2.05, 4.69) is 16.5 Å². The summed E-state index contributed by atoms with van der Waals surface area (Å²) >= 11 is 0.992. The van der Waals surface area contributed by atoms with Gasteiger partial charge in [-0.3, -0.25) is 4.79 Å². The number of nitrogens with one attached hydrogen (secondary N) is 1. The van der Waals surface area contributed by atoms with Crippen molar-refractivity contribution in [2.75, 3.05) is 24.5 Å². The fraction of sp³-hybridized carbons (Fsp3) is 0.353. The van der Waals surface area contributed by atoms with Gasteiger partial charge in [0.15, 0.2) is 0 Å². The minimum absolute atomic E-state index is 0.152. The molecule has 0 aliphatic carbocycles. The maximum absolute atomic E-state index is 12.3. The first kappa shape index (κ1) is 19.4. The molecule has 0 spiro atoms. The van der Waals surface area contributed by atoms with Crippen LogP contribution in [0.25, 0.3) is 0 Å². The molecule has 6 nitrogen and oxygen atoms in total. The highest BCUT2D eigenvalue weighted by molar-refractivity contribution is 7.91. The van der Waals surface area contributed by atoms with Gasteiger partial charge in [-0.15, -0.1) is 11.3 Å². The van der Waals surface area contributed by atoms with E-state index in [4.69, 9.17) is 5.11 Å². The molecule has 0 atom stereocenters. The van der Waals surface area contributed by atoms with Gasteiger partial charge in [-0.2, -0.15) is 0 Å². The molecule has 136 valence electrons. The Balaban J connectivity index is 1.85. The number of thiophene rings is 1. The van der Waals surface area contributed by atoms with Crippen molar-refractivity contribution in [3.63, 3.8) is 0 Å². The normalized spacial score (nSPS) is 11.4. The highest BCUT2D eigenvalue weighted by atomic mass is 32.2. The molecule has 0 fully saturated rings. The van der Waals surface area contributed by atoms with Crippen LogP contribution in [0.4, 0.5) is 5.69 Å². The Morgan fingerprint density at radius 2 is 1.92 bits per heavy atom. The number of hydrogen-bond acceptors (Lipinski definition) is 5. The molecule has 2 aromatic rings. The van der Waals surface area contributed by atoms with Crippen LogP contribution < -0.4 is 9.62 Å². The number of carboxylic acid groups (broad SMARTS) is 1. The smallest absolute Gasteiger partial charge is 0.308 e. The van der Waals surface area contributed by atoms with Crippen molar-refractivity contribution in [2.24, 2.45) is 0 Å². The molecule has 25 heavy (non-hydrogen) atoms. The Kier molecular flexibility index (Phi) is 6.98. The highest BCUT2D eigenvalue weighted by Crippen LogP contribution is 2.22. The average molecular weight is 383 g/mol. The number of carbonyl (C=O) groups is 1. The molecule has 0 saturated heterocycles. The summed E-state index contributed by atoms with van der Waals surface area (Å²) in [6, 6.07) is 13.0. The second-order valence-electron chi connectivity index (χ2n) is 5.46. The fourth-order valence-corrected chi connectivity index (χ4v) is 4.87. The van der Waals surface area contributed by atoms with Gasteiger partial charge in [-0.1, -0.05) is 18.2 Å². The van der Waals surface area contributed by atoms with Crippen LogP contribution >= 0.6 is 11.3 Å². The molecule has 0 bridgehead atoms. The molecule has 0 radical (unpaired) electrons. The third-order valence-electron chi connectivity index (χ3n) is 3.63. The molecule has 2 rings (SSSR count). The predicted molar refractivity (Wildman–Crippen MR) is 99.8 cm³/mol. The van der Waals surface area contributed by atoms with Gasteiger partial charge in [0.1, 0.15) is 4.21 Å². The number of carboxylic acids is 1. The summed E-state index contributed by atoms with van der Waals surface area (Å²) in [5.41, 5.74) is 1.12. The second-order valence-corrected chi connectivity index (χ2v) is 8.62. The van der Waals surface area contributed by atoms with Crippen LogP contribution in [0.1, 0.15) is 18.2 Å². The molecule has 1 aromatic heterocycles. The van der Waals surface area contributed by atoms with Crippen molar-refractivity contribution in [1.29, 1.82) is 0 Å². The number of benzene rings is 1. The maximum atomic E-state index is 12.3. The van der Waals surface area contributed by atoms with Crippen LogP contribution in [0.5, 0.6) is 0 Å². The number of nitrogens with zero attached hydrogens (tertiary/aromatic N) is 1. The molecule has 0 saturated carbocycles. The summed E-state index contributed by atoms with van der Waals surface area (Å²) in [4.78, 5) is 13.4. The standard InChI is InChI=1S/C17H22N2O4S2/c1-2-19(14-7-4-3-5-8-14)12-6-11-18-25(22,23)17-10-9-15(24-17)13-16(20)21/h3-5,7-10,18H,2,6,11-13H2,1H3,(H,20,21). The number of para-hydroxylation sites is 1. The molecule has 0 aliphatic heterocycles. The van der Waals surface area contributed by atoms with Crippen molar-refractivity contribution < 1.29 is 18.3 Å². The SMILES string of the molecule is CCN(CCCNS(=O)(=O)c1ccc(CC(=O)O)s1)c1ccccc1. The second kappa shape index (κ2) is 8.98. The van der Waals surface area contributed by atoms with Gasteiger partial charge in [0.2, 0.25) is 10.0 Å². The number of sulfonamides is 1. The largest absolute Gasteiger partial charge is 0.481 e. The number of aliphatic carboxylic acids is 1. The van der Waals surface area contributed by atoms with Gasteiger partial charge >= 0.3 is 5.97 Å². The van der Waals surface area contributed by atoms with E-state index in [0.717, 1.165) is 30.1 Å². The van der Waals surface area contributed by atoms with Crippen LogP contribution in [0.2, 0.25) is 0 Å². The van der Waals surface area contributed by atoms with E-state index in [0.29, 0.717) is 17.8 Å². The molecular weight excluding hydrogens is 360 g/mol. The first-order chi connectivity index (χ1) is 11.9. The lowest BCUT2D eigenvalue weighted by atomic mass is 10.2. The van der Waals surface area contributed by atoms with Gasteiger partial charge in [0, 0.05) is 30.2 Å². The molecule has 1 aromatic carbocycles. The summed E-state index contributed by atoms with van der Waals surface area (Å²) in [5, 5.41) is 8.76. The topological polar surface area (TPSA) is 86.7 Å². The van der Waals surface area contributed by atoms with Gasteiger partial charge in [0.05, 0.1) is 6.42 Å². The summed E-state index contributed by atoms with van der Waals surface area (Å²) in [6.07, 6.45) is 0.512. The zero-order chi connectivity index (χ0) is 18.3. The third-order valence-corrected chi connectivity index (χ3v) is 6.67. The van der Waals surface area contributed by atoms with Gasteiger partial charge in [-0.05, 0) is 37.6 Å². The first-order valence-corrected chi connectivity index (χ1v) is 10.3. The Hall–Kier alpha value is -1.90. The zero-order valence-electron chi connectivity index (χ0n) is 14.0. The Bertz CT molecular complexity index is 788. The van der Waals surface area contributed by atoms with Crippen molar-refractivity contribution >= 4 is 33.0 Å². The molecule has 8 heteroatoms. The molecule has 0 aliphatic rings. The fourth-order valence-electron chi connectivity index (χ4n) is 2.40. The monoisotopic (exact) mass is 382 g/mol. The summed E-state index contributed by atoms with van der Waals surface area (Å²) in [6.45, 7) is 3.99. The van der Waals surface area contributed by atoms with Crippen LogP contribution in [-0.2, 0) is 21.2 Å². The van der Waals surface area contributed by atoms with E-state index in [-0.39, 0.29) is 10.6 Å². The number of anilines is 1. The van der Waals surface area contributed by atoms with E-state index in [9.17, 15) is 13.2 Å². The van der Waals surface area contributed by atoms with Crippen LogP contribution in [0, 0.1) is 0 Å². The first-order valence-electron chi connectivity index (χ1n) is 8.02. The highest BCUT2D eigenvalue weighted by Gasteiger charge is 2.17.